The Labute approximate surface area is 164 Å². The summed E-state index contributed by atoms with van der Waals surface area (Å²) in [7, 11) is 0. The summed E-state index contributed by atoms with van der Waals surface area (Å²) in [6.07, 6.45) is 1.80. The SMILES string of the molecule is Cc1noc(-c2ccn3c(CNC(=O)c4cccc5c4OCCO5)nnc3c2)n1. The third-order valence-electron chi connectivity index (χ3n) is 4.47. The summed E-state index contributed by atoms with van der Waals surface area (Å²) in [6.45, 7) is 2.83. The van der Waals surface area contributed by atoms with Crippen molar-refractivity contribution in [1.29, 1.82) is 0 Å². The van der Waals surface area contributed by atoms with E-state index in [1.165, 1.54) is 0 Å². The summed E-state index contributed by atoms with van der Waals surface area (Å²) >= 11 is 0. The Morgan fingerprint density at radius 3 is 2.97 bits per heavy atom. The number of aryl methyl sites for hydroxylation is 1. The second-order valence-corrected chi connectivity index (χ2v) is 6.42. The van der Waals surface area contributed by atoms with E-state index in [-0.39, 0.29) is 12.5 Å². The number of hydrogen-bond donors (Lipinski definition) is 1. The van der Waals surface area contributed by atoms with Crippen LogP contribution in [0, 0.1) is 6.92 Å². The largest absolute Gasteiger partial charge is 0.486 e. The van der Waals surface area contributed by atoms with Crippen LogP contribution in [-0.4, -0.2) is 43.9 Å². The minimum absolute atomic E-state index is 0.198. The average Bonchev–Trinajstić information content (AvgIpc) is 3.37. The first-order chi connectivity index (χ1) is 14.2. The number of para-hydroxylation sites is 1. The van der Waals surface area contributed by atoms with Crippen molar-refractivity contribution in [2.24, 2.45) is 0 Å². The first-order valence-electron chi connectivity index (χ1n) is 9.00. The molecule has 4 aromatic rings. The lowest BCUT2D eigenvalue weighted by Gasteiger charge is -2.20. The van der Waals surface area contributed by atoms with Crippen molar-refractivity contribution in [1.82, 2.24) is 30.1 Å². The number of nitrogens with one attached hydrogen (secondary N) is 1. The minimum Gasteiger partial charge on any atom is -0.486 e. The quantitative estimate of drug-likeness (QED) is 0.559. The maximum absolute atomic E-state index is 12.7. The van der Waals surface area contributed by atoms with E-state index in [1.54, 1.807) is 41.8 Å². The highest BCUT2D eigenvalue weighted by molar-refractivity contribution is 5.97. The van der Waals surface area contributed by atoms with Gasteiger partial charge in [0.05, 0.1) is 12.1 Å². The summed E-state index contributed by atoms with van der Waals surface area (Å²) in [6, 6.07) is 8.86. The molecule has 0 bridgehead atoms. The molecule has 0 radical (unpaired) electrons. The van der Waals surface area contributed by atoms with Crippen molar-refractivity contribution < 1.29 is 18.8 Å². The molecule has 0 unspecified atom stereocenters. The molecule has 0 aliphatic carbocycles. The van der Waals surface area contributed by atoms with Crippen LogP contribution < -0.4 is 14.8 Å². The zero-order valence-corrected chi connectivity index (χ0v) is 15.5. The maximum Gasteiger partial charge on any atom is 0.258 e. The number of pyridine rings is 1. The van der Waals surface area contributed by atoms with Crippen molar-refractivity contribution in [2.45, 2.75) is 13.5 Å². The van der Waals surface area contributed by atoms with Crippen LogP contribution in [0.25, 0.3) is 17.1 Å². The highest BCUT2D eigenvalue weighted by atomic mass is 16.6. The molecule has 146 valence electrons. The molecule has 3 aromatic heterocycles. The molecule has 0 saturated carbocycles. The van der Waals surface area contributed by atoms with Crippen LogP contribution in [0.15, 0.2) is 41.1 Å². The van der Waals surface area contributed by atoms with E-state index in [1.807, 2.05) is 6.07 Å². The predicted molar refractivity (Wildman–Crippen MR) is 99.6 cm³/mol. The second kappa shape index (κ2) is 6.89. The number of aromatic nitrogens is 5. The zero-order valence-electron chi connectivity index (χ0n) is 15.5. The highest BCUT2D eigenvalue weighted by Crippen LogP contribution is 2.33. The fourth-order valence-electron chi connectivity index (χ4n) is 3.12. The topological polar surface area (TPSA) is 117 Å². The molecule has 5 rings (SSSR count). The molecule has 1 N–H and O–H groups in total. The van der Waals surface area contributed by atoms with Crippen LogP contribution in [0.5, 0.6) is 11.5 Å². The van der Waals surface area contributed by atoms with E-state index in [0.29, 0.717) is 53.5 Å². The van der Waals surface area contributed by atoms with Gasteiger partial charge in [0.25, 0.3) is 11.8 Å². The van der Waals surface area contributed by atoms with E-state index in [4.69, 9.17) is 14.0 Å². The summed E-state index contributed by atoms with van der Waals surface area (Å²) in [5.41, 5.74) is 1.77. The zero-order chi connectivity index (χ0) is 19.8. The normalized spacial score (nSPS) is 12.9. The molecule has 0 atom stereocenters. The Kier molecular flexibility index (Phi) is 4.08. The van der Waals surface area contributed by atoms with Gasteiger partial charge in [-0.2, -0.15) is 4.98 Å². The smallest absolute Gasteiger partial charge is 0.258 e. The van der Waals surface area contributed by atoms with Crippen LogP contribution in [0.2, 0.25) is 0 Å². The van der Waals surface area contributed by atoms with Crippen LogP contribution in [0.4, 0.5) is 0 Å². The maximum atomic E-state index is 12.7. The van der Waals surface area contributed by atoms with Gasteiger partial charge in [-0.1, -0.05) is 11.2 Å². The first-order valence-corrected chi connectivity index (χ1v) is 9.00. The average molecular weight is 392 g/mol. The van der Waals surface area contributed by atoms with Gasteiger partial charge < -0.3 is 19.3 Å². The first kappa shape index (κ1) is 17.2. The molecule has 0 spiro atoms. The van der Waals surface area contributed by atoms with Crippen LogP contribution >= 0.6 is 0 Å². The van der Waals surface area contributed by atoms with E-state index in [9.17, 15) is 4.79 Å². The molecular formula is C19H16N6O4. The third kappa shape index (κ3) is 3.14. The van der Waals surface area contributed by atoms with E-state index >= 15 is 0 Å². The Balaban J connectivity index is 1.35. The van der Waals surface area contributed by atoms with Crippen molar-refractivity contribution in [3.63, 3.8) is 0 Å². The molecule has 4 heterocycles. The molecule has 1 aliphatic heterocycles. The molecule has 0 fully saturated rings. The monoisotopic (exact) mass is 392 g/mol. The molecule has 1 amide bonds. The van der Waals surface area contributed by atoms with Gasteiger partial charge in [0.1, 0.15) is 13.2 Å². The van der Waals surface area contributed by atoms with Crippen LogP contribution in [0.1, 0.15) is 22.0 Å². The fourth-order valence-corrected chi connectivity index (χ4v) is 3.12. The third-order valence-corrected chi connectivity index (χ3v) is 4.47. The molecule has 1 aliphatic rings. The summed E-state index contributed by atoms with van der Waals surface area (Å²) in [5.74, 6) is 2.31. The summed E-state index contributed by atoms with van der Waals surface area (Å²) in [4.78, 5) is 16.9. The lowest BCUT2D eigenvalue weighted by molar-refractivity contribution is 0.0938. The molecule has 10 heteroatoms. The Bertz CT molecular complexity index is 1210. The van der Waals surface area contributed by atoms with Gasteiger partial charge in [0.2, 0.25) is 0 Å². The number of fused-ring (bicyclic) bond motifs is 2. The Hall–Kier alpha value is -3.95. The van der Waals surface area contributed by atoms with Crippen molar-refractivity contribution in [2.75, 3.05) is 13.2 Å². The fraction of sp³-hybridized carbons (Fsp3) is 0.211. The summed E-state index contributed by atoms with van der Waals surface area (Å²) in [5, 5.41) is 15.0. The Morgan fingerprint density at radius 1 is 1.21 bits per heavy atom. The van der Waals surface area contributed by atoms with Crippen molar-refractivity contribution in [3.8, 4) is 23.0 Å². The number of ether oxygens (including phenoxy) is 2. The number of hydrogen-bond acceptors (Lipinski definition) is 8. The lowest BCUT2D eigenvalue weighted by Crippen LogP contribution is -2.26. The molecule has 10 nitrogen and oxygen atoms in total. The van der Waals surface area contributed by atoms with E-state index < -0.39 is 0 Å². The van der Waals surface area contributed by atoms with Crippen LogP contribution in [0.3, 0.4) is 0 Å². The van der Waals surface area contributed by atoms with Gasteiger partial charge in [-0.3, -0.25) is 9.20 Å². The second-order valence-electron chi connectivity index (χ2n) is 6.42. The molecule has 0 saturated heterocycles. The number of carbonyl (C=O) groups is 1. The summed E-state index contributed by atoms with van der Waals surface area (Å²) < 4.78 is 18.1. The van der Waals surface area contributed by atoms with Gasteiger partial charge in [-0.15, -0.1) is 10.2 Å². The van der Waals surface area contributed by atoms with Crippen molar-refractivity contribution in [3.05, 3.63) is 53.7 Å². The van der Waals surface area contributed by atoms with Gasteiger partial charge >= 0.3 is 0 Å². The number of carbonyl (C=O) groups excluding carboxylic acids is 1. The molecular weight excluding hydrogens is 376 g/mol. The molecule has 1 aromatic carbocycles. The Morgan fingerprint density at radius 2 is 2.10 bits per heavy atom. The standard InChI is InChI=1S/C19H16N6O4/c1-11-21-19(29-24-11)12-5-6-25-15(9-12)22-23-16(25)10-20-18(26)13-3-2-4-14-17(13)28-8-7-27-14/h2-6,9H,7-8,10H2,1H3,(H,20,26). The minimum atomic E-state index is -0.276. The van der Waals surface area contributed by atoms with Crippen molar-refractivity contribution >= 4 is 11.6 Å². The van der Waals surface area contributed by atoms with E-state index in [2.05, 4.69) is 25.7 Å². The highest BCUT2D eigenvalue weighted by Gasteiger charge is 2.20. The molecule has 29 heavy (non-hydrogen) atoms. The lowest BCUT2D eigenvalue weighted by atomic mass is 10.1. The van der Waals surface area contributed by atoms with E-state index in [0.717, 1.165) is 5.56 Å². The number of nitrogens with zero attached hydrogens (tertiary/aromatic N) is 5. The van der Waals surface area contributed by atoms with Gasteiger partial charge in [0.15, 0.2) is 28.8 Å². The van der Waals surface area contributed by atoms with Crippen LogP contribution in [-0.2, 0) is 6.54 Å². The van der Waals surface area contributed by atoms with Gasteiger partial charge in [-0.25, -0.2) is 0 Å². The number of rotatable bonds is 4. The van der Waals surface area contributed by atoms with Gasteiger partial charge in [0, 0.05) is 11.8 Å². The number of amides is 1. The predicted octanol–water partition coefficient (Wildman–Crippen LogP) is 1.79. The number of benzene rings is 1. The van der Waals surface area contributed by atoms with Gasteiger partial charge in [-0.05, 0) is 31.2 Å².